The van der Waals surface area contributed by atoms with Crippen molar-refractivity contribution >= 4 is 17.7 Å². The first-order chi connectivity index (χ1) is 10.1. The van der Waals surface area contributed by atoms with Crippen LogP contribution in [0.2, 0.25) is 0 Å². The van der Waals surface area contributed by atoms with E-state index in [1.165, 1.54) is 11.1 Å². The van der Waals surface area contributed by atoms with Crippen LogP contribution in [0, 0.1) is 0 Å². The zero-order valence-electron chi connectivity index (χ0n) is 11.5. The summed E-state index contributed by atoms with van der Waals surface area (Å²) in [6.07, 6.45) is 3.79. The number of carboxylic acids is 1. The van der Waals surface area contributed by atoms with Gasteiger partial charge in [-0.05, 0) is 25.0 Å². The Morgan fingerprint density at radius 2 is 2.19 bits per heavy atom. The molecule has 1 aliphatic carbocycles. The summed E-state index contributed by atoms with van der Waals surface area (Å²) in [6.45, 7) is 0.651. The highest BCUT2D eigenvalue weighted by Gasteiger charge is 2.33. The molecule has 0 aromatic carbocycles. The van der Waals surface area contributed by atoms with E-state index in [1.54, 1.807) is 12.1 Å². The highest BCUT2D eigenvalue weighted by molar-refractivity contribution is 5.96. The van der Waals surface area contributed by atoms with Gasteiger partial charge in [-0.1, -0.05) is 0 Å². The van der Waals surface area contributed by atoms with Crippen LogP contribution in [0.5, 0.6) is 0 Å². The predicted molar refractivity (Wildman–Crippen MR) is 74.2 cm³/mol. The van der Waals surface area contributed by atoms with E-state index >= 15 is 0 Å². The molecule has 1 aromatic heterocycles. The van der Waals surface area contributed by atoms with Crippen molar-refractivity contribution in [2.24, 2.45) is 0 Å². The van der Waals surface area contributed by atoms with Gasteiger partial charge in [0.15, 0.2) is 6.04 Å². The van der Waals surface area contributed by atoms with E-state index in [2.05, 4.69) is 10.3 Å². The molecule has 7 nitrogen and oxygen atoms in total. The molecule has 1 saturated heterocycles. The molecule has 3 rings (SSSR count). The number of nitrogens with one attached hydrogen (secondary N) is 1. The molecule has 1 amide bonds. The second kappa shape index (κ2) is 5.69. The summed E-state index contributed by atoms with van der Waals surface area (Å²) in [5, 5.41) is 12.4. The molecule has 2 N–H and O–H groups in total. The van der Waals surface area contributed by atoms with E-state index < -0.39 is 12.0 Å². The lowest BCUT2D eigenvalue weighted by molar-refractivity contribution is -0.147. The standard InChI is InChI=1S/C14H17N3O4/c18-13(17-5-6-21-8-11(17)14(19)20)9-1-4-12(15-7-9)16-10-2-3-10/h1,4,7,10-11H,2-3,5-6,8H2,(H,15,16)(H,19,20). The Morgan fingerprint density at radius 3 is 2.81 bits per heavy atom. The van der Waals surface area contributed by atoms with Crippen LogP contribution in [0.25, 0.3) is 0 Å². The van der Waals surface area contributed by atoms with Crippen LogP contribution in [0.1, 0.15) is 23.2 Å². The highest BCUT2D eigenvalue weighted by atomic mass is 16.5. The highest BCUT2D eigenvalue weighted by Crippen LogP contribution is 2.23. The van der Waals surface area contributed by atoms with Crippen LogP contribution in [-0.2, 0) is 9.53 Å². The summed E-state index contributed by atoms with van der Waals surface area (Å²) >= 11 is 0. The first kappa shape index (κ1) is 13.8. The summed E-state index contributed by atoms with van der Waals surface area (Å²) in [5.74, 6) is -0.634. The third kappa shape index (κ3) is 3.13. The number of nitrogens with zero attached hydrogens (tertiary/aromatic N) is 2. The third-order valence-electron chi connectivity index (χ3n) is 3.61. The Morgan fingerprint density at radius 1 is 1.38 bits per heavy atom. The van der Waals surface area contributed by atoms with Crippen LogP contribution < -0.4 is 5.32 Å². The molecule has 2 heterocycles. The number of aliphatic carboxylic acids is 1. The minimum atomic E-state index is -1.05. The van der Waals surface area contributed by atoms with Gasteiger partial charge in [-0.3, -0.25) is 4.79 Å². The molecule has 0 radical (unpaired) electrons. The Kier molecular flexibility index (Phi) is 3.74. The number of carbonyl (C=O) groups excluding carboxylic acids is 1. The largest absolute Gasteiger partial charge is 0.480 e. The topological polar surface area (TPSA) is 91.8 Å². The summed E-state index contributed by atoms with van der Waals surface area (Å²) in [4.78, 5) is 29.1. The van der Waals surface area contributed by atoms with Gasteiger partial charge in [0.1, 0.15) is 5.82 Å². The van der Waals surface area contributed by atoms with Crippen molar-refractivity contribution in [2.75, 3.05) is 25.1 Å². The second-order valence-corrected chi connectivity index (χ2v) is 5.28. The SMILES string of the molecule is O=C(O)C1COCCN1C(=O)c1ccc(NC2CC2)nc1. The van der Waals surface area contributed by atoms with E-state index in [9.17, 15) is 9.59 Å². The van der Waals surface area contributed by atoms with Crippen LogP contribution in [0.3, 0.4) is 0 Å². The zero-order chi connectivity index (χ0) is 14.8. The van der Waals surface area contributed by atoms with E-state index in [4.69, 9.17) is 9.84 Å². The predicted octanol–water partition coefficient (Wildman–Crippen LogP) is 0.581. The van der Waals surface area contributed by atoms with Gasteiger partial charge in [0.25, 0.3) is 5.91 Å². The normalized spacial score (nSPS) is 21.9. The summed E-state index contributed by atoms with van der Waals surface area (Å²) in [6, 6.07) is 2.99. The van der Waals surface area contributed by atoms with Crippen molar-refractivity contribution < 1.29 is 19.4 Å². The van der Waals surface area contributed by atoms with Gasteiger partial charge in [0, 0.05) is 18.8 Å². The first-order valence-electron chi connectivity index (χ1n) is 6.99. The fourth-order valence-corrected chi connectivity index (χ4v) is 2.26. The van der Waals surface area contributed by atoms with Gasteiger partial charge in [-0.2, -0.15) is 0 Å². The number of anilines is 1. The summed E-state index contributed by atoms with van der Waals surface area (Å²) < 4.78 is 5.13. The summed E-state index contributed by atoms with van der Waals surface area (Å²) in [5.41, 5.74) is 0.393. The maximum absolute atomic E-state index is 12.4. The van der Waals surface area contributed by atoms with Gasteiger partial charge < -0.3 is 20.1 Å². The van der Waals surface area contributed by atoms with Gasteiger partial charge in [-0.15, -0.1) is 0 Å². The Bertz CT molecular complexity index is 542. The molecule has 1 saturated carbocycles. The number of morpholine rings is 1. The molecule has 0 bridgehead atoms. The molecular weight excluding hydrogens is 274 g/mol. The number of amides is 1. The Labute approximate surface area is 121 Å². The Hall–Kier alpha value is -2.15. The molecule has 2 fully saturated rings. The molecule has 1 aliphatic heterocycles. The van der Waals surface area contributed by atoms with Crippen molar-refractivity contribution in [3.8, 4) is 0 Å². The number of hydrogen-bond acceptors (Lipinski definition) is 5. The van der Waals surface area contributed by atoms with Crippen molar-refractivity contribution in [2.45, 2.75) is 24.9 Å². The fourth-order valence-electron chi connectivity index (χ4n) is 2.26. The fraction of sp³-hybridized carbons (Fsp3) is 0.500. The number of pyridine rings is 1. The van der Waals surface area contributed by atoms with Crippen LogP contribution >= 0.6 is 0 Å². The average molecular weight is 291 g/mol. The minimum Gasteiger partial charge on any atom is -0.480 e. The number of rotatable bonds is 4. The van der Waals surface area contributed by atoms with E-state index in [-0.39, 0.29) is 19.1 Å². The number of carboxylic acid groups (broad SMARTS) is 1. The molecule has 0 spiro atoms. The van der Waals surface area contributed by atoms with Crippen LogP contribution in [-0.4, -0.2) is 58.7 Å². The lowest BCUT2D eigenvalue weighted by Gasteiger charge is -2.32. The minimum absolute atomic E-state index is 0.0236. The van der Waals surface area contributed by atoms with Crippen LogP contribution in [0.15, 0.2) is 18.3 Å². The molecule has 112 valence electrons. The Balaban J connectivity index is 1.71. The van der Waals surface area contributed by atoms with Crippen molar-refractivity contribution in [3.05, 3.63) is 23.9 Å². The van der Waals surface area contributed by atoms with Gasteiger partial charge in [-0.25, -0.2) is 9.78 Å². The number of hydrogen-bond donors (Lipinski definition) is 2. The maximum atomic E-state index is 12.4. The number of ether oxygens (including phenoxy) is 1. The van der Waals surface area contributed by atoms with Crippen molar-refractivity contribution in [3.63, 3.8) is 0 Å². The molecule has 2 aliphatic rings. The zero-order valence-corrected chi connectivity index (χ0v) is 11.5. The monoisotopic (exact) mass is 291 g/mol. The summed E-state index contributed by atoms with van der Waals surface area (Å²) in [7, 11) is 0. The van der Waals surface area contributed by atoms with Gasteiger partial charge in [0.2, 0.25) is 0 Å². The van der Waals surface area contributed by atoms with Gasteiger partial charge in [0.05, 0.1) is 18.8 Å². The molecule has 21 heavy (non-hydrogen) atoms. The lowest BCUT2D eigenvalue weighted by Crippen LogP contribution is -2.52. The van der Waals surface area contributed by atoms with Crippen molar-refractivity contribution in [1.29, 1.82) is 0 Å². The van der Waals surface area contributed by atoms with E-state index in [1.807, 2.05) is 0 Å². The van der Waals surface area contributed by atoms with E-state index in [0.717, 1.165) is 18.7 Å². The lowest BCUT2D eigenvalue weighted by atomic mass is 10.1. The van der Waals surface area contributed by atoms with Gasteiger partial charge >= 0.3 is 5.97 Å². The third-order valence-corrected chi connectivity index (χ3v) is 3.61. The molecular formula is C14H17N3O4. The average Bonchev–Trinajstić information content (AvgIpc) is 3.31. The molecule has 1 atom stereocenters. The van der Waals surface area contributed by atoms with Crippen molar-refractivity contribution in [1.82, 2.24) is 9.88 Å². The van der Waals surface area contributed by atoms with E-state index in [0.29, 0.717) is 18.2 Å². The second-order valence-electron chi connectivity index (χ2n) is 5.28. The maximum Gasteiger partial charge on any atom is 0.328 e. The molecule has 1 unspecified atom stereocenters. The first-order valence-corrected chi connectivity index (χ1v) is 6.99. The van der Waals surface area contributed by atoms with Crippen LogP contribution in [0.4, 0.5) is 5.82 Å². The smallest absolute Gasteiger partial charge is 0.328 e. The molecule has 1 aromatic rings. The number of carbonyl (C=O) groups is 2. The molecule has 7 heteroatoms. The quantitative estimate of drug-likeness (QED) is 0.843. The number of aromatic nitrogens is 1.